The molecule has 0 unspecified atom stereocenters. The van der Waals surface area contributed by atoms with Gasteiger partial charge in [0.1, 0.15) is 5.82 Å². The molecule has 0 aliphatic carbocycles. The average molecular weight is 213 g/mol. The van der Waals surface area contributed by atoms with Gasteiger partial charge in [0.05, 0.1) is 0 Å². The van der Waals surface area contributed by atoms with Crippen LogP contribution in [0.4, 0.5) is 4.39 Å². The summed E-state index contributed by atoms with van der Waals surface area (Å²) in [6.07, 6.45) is 0.940. The van der Waals surface area contributed by atoms with Gasteiger partial charge in [-0.3, -0.25) is 0 Å². The smallest absolute Gasteiger partial charge is 0.123 e. The van der Waals surface area contributed by atoms with E-state index in [-0.39, 0.29) is 5.82 Å². The van der Waals surface area contributed by atoms with Gasteiger partial charge in [-0.05, 0) is 29.7 Å². The Morgan fingerprint density at radius 3 is 2.00 bits per heavy atom. The van der Waals surface area contributed by atoms with E-state index in [1.54, 1.807) is 0 Å². The van der Waals surface area contributed by atoms with E-state index < -0.39 is 0 Å². The Balaban J connectivity index is 2.33. The predicted molar refractivity (Wildman–Crippen MR) is 64.6 cm³/mol. The number of benzene rings is 2. The molecule has 0 saturated carbocycles. The summed E-state index contributed by atoms with van der Waals surface area (Å²) in [6, 6.07) is 16.9. The minimum atomic E-state index is -0.188. The van der Waals surface area contributed by atoms with Crippen molar-refractivity contribution in [2.45, 2.75) is 13.3 Å². The first-order chi connectivity index (χ1) is 7.81. The first-order valence-electron chi connectivity index (χ1n) is 5.48. The normalized spacial score (nSPS) is 10.7. The van der Waals surface area contributed by atoms with Gasteiger partial charge in [0.15, 0.2) is 0 Å². The van der Waals surface area contributed by atoms with Crippen LogP contribution in [0, 0.1) is 11.7 Å². The highest BCUT2D eigenvalue weighted by atomic mass is 19.1. The lowest BCUT2D eigenvalue weighted by atomic mass is 9.89. The summed E-state index contributed by atoms with van der Waals surface area (Å²) in [5, 5.41) is 0. The molecule has 0 atom stereocenters. The topological polar surface area (TPSA) is 0 Å². The standard InChI is InChI=1S/C15H14F/c1-2-15(12-6-4-3-5-7-12)13-8-10-14(16)11-9-13/h3-11H,2H2,1H3. The van der Waals surface area contributed by atoms with E-state index in [2.05, 4.69) is 19.1 Å². The molecule has 0 spiro atoms. The van der Waals surface area contributed by atoms with Crippen LogP contribution < -0.4 is 0 Å². The number of hydrogen-bond donors (Lipinski definition) is 0. The fourth-order valence-corrected chi connectivity index (χ4v) is 1.87. The van der Waals surface area contributed by atoms with Crippen LogP contribution in [0.5, 0.6) is 0 Å². The van der Waals surface area contributed by atoms with E-state index >= 15 is 0 Å². The van der Waals surface area contributed by atoms with Crippen molar-refractivity contribution in [2.24, 2.45) is 0 Å². The minimum Gasteiger partial charge on any atom is -0.207 e. The molecule has 0 fully saturated rings. The number of hydrogen-bond acceptors (Lipinski definition) is 0. The molecule has 0 amide bonds. The van der Waals surface area contributed by atoms with Crippen LogP contribution in [0.1, 0.15) is 24.5 Å². The van der Waals surface area contributed by atoms with Gasteiger partial charge in [0.25, 0.3) is 0 Å². The summed E-state index contributed by atoms with van der Waals surface area (Å²) in [5.74, 6) is 1.06. The monoisotopic (exact) mass is 213 g/mol. The average Bonchev–Trinajstić information content (AvgIpc) is 2.34. The summed E-state index contributed by atoms with van der Waals surface area (Å²) in [7, 11) is 0. The molecule has 0 aliphatic heterocycles. The van der Waals surface area contributed by atoms with Crippen molar-refractivity contribution in [1.82, 2.24) is 0 Å². The Kier molecular flexibility index (Phi) is 3.35. The first-order valence-corrected chi connectivity index (χ1v) is 5.48. The van der Waals surface area contributed by atoms with Crippen LogP contribution in [-0.2, 0) is 0 Å². The number of rotatable bonds is 3. The highest BCUT2D eigenvalue weighted by Crippen LogP contribution is 2.26. The van der Waals surface area contributed by atoms with Crippen molar-refractivity contribution in [3.8, 4) is 0 Å². The summed E-state index contributed by atoms with van der Waals surface area (Å²) >= 11 is 0. The van der Waals surface area contributed by atoms with Crippen LogP contribution in [0.3, 0.4) is 0 Å². The molecule has 1 radical (unpaired) electrons. The Morgan fingerprint density at radius 1 is 0.875 bits per heavy atom. The van der Waals surface area contributed by atoms with Gasteiger partial charge in [-0.1, -0.05) is 49.4 Å². The third kappa shape index (κ3) is 2.30. The van der Waals surface area contributed by atoms with E-state index in [1.165, 1.54) is 23.6 Å². The second-order valence-corrected chi connectivity index (χ2v) is 3.71. The van der Waals surface area contributed by atoms with Gasteiger partial charge in [-0.25, -0.2) is 4.39 Å². The van der Waals surface area contributed by atoms with Crippen molar-refractivity contribution in [2.75, 3.05) is 0 Å². The molecule has 0 nitrogen and oxygen atoms in total. The van der Waals surface area contributed by atoms with Crippen molar-refractivity contribution in [3.05, 3.63) is 77.5 Å². The Labute approximate surface area is 95.7 Å². The van der Waals surface area contributed by atoms with Crippen LogP contribution in [-0.4, -0.2) is 0 Å². The number of halogens is 1. The van der Waals surface area contributed by atoms with Gasteiger partial charge in [0, 0.05) is 5.92 Å². The highest BCUT2D eigenvalue weighted by molar-refractivity contribution is 5.45. The molecule has 16 heavy (non-hydrogen) atoms. The summed E-state index contributed by atoms with van der Waals surface area (Å²) in [6.45, 7) is 2.12. The molecule has 0 N–H and O–H groups in total. The predicted octanol–water partition coefficient (Wildman–Crippen LogP) is 4.21. The van der Waals surface area contributed by atoms with E-state index in [9.17, 15) is 4.39 Å². The van der Waals surface area contributed by atoms with E-state index in [1.807, 2.05) is 30.3 Å². The molecule has 0 heterocycles. The highest BCUT2D eigenvalue weighted by Gasteiger charge is 2.11. The van der Waals surface area contributed by atoms with E-state index in [0.29, 0.717) is 0 Å². The van der Waals surface area contributed by atoms with Crippen LogP contribution >= 0.6 is 0 Å². The maximum absolute atomic E-state index is 12.8. The van der Waals surface area contributed by atoms with Crippen LogP contribution in [0.2, 0.25) is 0 Å². The Morgan fingerprint density at radius 2 is 1.44 bits per heavy atom. The molecule has 2 aromatic rings. The van der Waals surface area contributed by atoms with Gasteiger partial charge in [-0.15, -0.1) is 0 Å². The molecule has 0 aromatic heterocycles. The molecule has 0 saturated heterocycles. The molecule has 1 heteroatoms. The quantitative estimate of drug-likeness (QED) is 0.716. The molecular formula is C15H14F. The Hall–Kier alpha value is -1.63. The van der Waals surface area contributed by atoms with E-state index in [4.69, 9.17) is 0 Å². The van der Waals surface area contributed by atoms with Crippen molar-refractivity contribution in [1.29, 1.82) is 0 Å². The summed E-state index contributed by atoms with van der Waals surface area (Å²) < 4.78 is 12.8. The molecule has 2 aromatic carbocycles. The summed E-state index contributed by atoms with van der Waals surface area (Å²) in [4.78, 5) is 0. The summed E-state index contributed by atoms with van der Waals surface area (Å²) in [5.41, 5.74) is 2.30. The van der Waals surface area contributed by atoms with Gasteiger partial charge < -0.3 is 0 Å². The lowest BCUT2D eigenvalue weighted by molar-refractivity contribution is 0.627. The maximum Gasteiger partial charge on any atom is 0.123 e. The molecule has 2 rings (SSSR count). The Bertz CT molecular complexity index is 431. The lowest BCUT2D eigenvalue weighted by Crippen LogP contribution is -2.00. The molecular weight excluding hydrogens is 199 g/mol. The van der Waals surface area contributed by atoms with Gasteiger partial charge >= 0.3 is 0 Å². The third-order valence-corrected chi connectivity index (χ3v) is 2.67. The second-order valence-electron chi connectivity index (χ2n) is 3.71. The first kappa shape index (κ1) is 10.9. The SMILES string of the molecule is CC[C](c1ccccc1)c1ccc(F)cc1. The second kappa shape index (κ2) is 4.93. The maximum atomic E-state index is 12.8. The van der Waals surface area contributed by atoms with E-state index in [0.717, 1.165) is 12.0 Å². The van der Waals surface area contributed by atoms with Crippen molar-refractivity contribution >= 4 is 0 Å². The third-order valence-electron chi connectivity index (χ3n) is 2.67. The molecule has 0 bridgehead atoms. The molecule has 0 aliphatic rings. The van der Waals surface area contributed by atoms with Gasteiger partial charge in [0.2, 0.25) is 0 Å². The largest absolute Gasteiger partial charge is 0.207 e. The van der Waals surface area contributed by atoms with Crippen LogP contribution in [0.25, 0.3) is 0 Å². The van der Waals surface area contributed by atoms with Gasteiger partial charge in [-0.2, -0.15) is 0 Å². The fourth-order valence-electron chi connectivity index (χ4n) is 1.87. The van der Waals surface area contributed by atoms with Crippen molar-refractivity contribution in [3.63, 3.8) is 0 Å². The zero-order valence-corrected chi connectivity index (χ0v) is 9.28. The zero-order chi connectivity index (χ0) is 11.4. The van der Waals surface area contributed by atoms with Crippen molar-refractivity contribution < 1.29 is 4.39 Å². The minimum absolute atomic E-state index is 0.188. The fraction of sp³-hybridized carbons (Fsp3) is 0.133. The molecule has 81 valence electrons. The van der Waals surface area contributed by atoms with Crippen LogP contribution in [0.15, 0.2) is 54.6 Å². The lowest BCUT2D eigenvalue weighted by Gasteiger charge is -2.14. The zero-order valence-electron chi connectivity index (χ0n) is 9.28.